The number of methoxy groups -OCH3 is 2. The highest BCUT2D eigenvalue weighted by Gasteiger charge is 2.32. The number of hydrogen-bond acceptors (Lipinski definition) is 10. The third-order valence-electron chi connectivity index (χ3n) is 6.60. The van der Waals surface area contributed by atoms with Gasteiger partial charge in [0.2, 0.25) is 0 Å². The molecule has 4 rings (SSSR count). The van der Waals surface area contributed by atoms with Crippen molar-refractivity contribution >= 4 is 29.8 Å². The van der Waals surface area contributed by atoms with Gasteiger partial charge in [-0.05, 0) is 73.0 Å². The summed E-state index contributed by atoms with van der Waals surface area (Å²) in [5.41, 5.74) is 5.53. The molecule has 1 heterocycles. The monoisotopic (exact) mass is 638 g/mol. The fraction of sp³-hybridized carbons (Fsp3) is 0.281. The lowest BCUT2D eigenvalue weighted by Gasteiger charge is -2.28. The Bertz CT molecular complexity index is 1560. The van der Waals surface area contributed by atoms with Crippen LogP contribution >= 0.6 is 11.6 Å². The Kier molecular flexibility index (Phi) is 11.5. The van der Waals surface area contributed by atoms with Gasteiger partial charge in [0.1, 0.15) is 13.2 Å². The lowest BCUT2D eigenvalue weighted by molar-refractivity contribution is -0.136. The van der Waals surface area contributed by atoms with E-state index in [0.29, 0.717) is 58.1 Å². The number of rotatable bonds is 14. The van der Waals surface area contributed by atoms with E-state index in [1.807, 2.05) is 19.1 Å². The number of aliphatic hydroxyl groups is 1. The largest absolute Gasteiger partial charge is 0.493 e. The number of carbonyl (C=O) groups excluding carboxylic acids is 2. The quantitative estimate of drug-likeness (QED) is 0.0870. The van der Waals surface area contributed by atoms with E-state index in [-0.39, 0.29) is 12.2 Å². The van der Waals surface area contributed by atoms with Crippen molar-refractivity contribution in [2.45, 2.75) is 32.7 Å². The molecule has 0 bridgehead atoms. The predicted octanol–water partition coefficient (Wildman–Crippen LogP) is 4.45. The number of carbonyl (C=O) groups is 2. The first kappa shape index (κ1) is 33.0. The number of nitrogens with zero attached hydrogens (tertiary/aromatic N) is 1. The molecular formula is C32H35ClN4O8. The topological polar surface area (TPSA) is 149 Å². The first-order chi connectivity index (χ1) is 21.7. The number of esters is 1. The van der Waals surface area contributed by atoms with Crippen LogP contribution in [0.15, 0.2) is 77.0 Å². The van der Waals surface area contributed by atoms with E-state index < -0.39 is 24.3 Å². The molecule has 0 saturated heterocycles. The zero-order valence-electron chi connectivity index (χ0n) is 25.3. The highest BCUT2D eigenvalue weighted by Crippen LogP contribution is 2.35. The van der Waals surface area contributed by atoms with Crippen LogP contribution in [0.1, 0.15) is 36.6 Å². The maximum Gasteiger partial charge on any atom is 0.337 e. The van der Waals surface area contributed by atoms with Gasteiger partial charge in [-0.2, -0.15) is 5.10 Å². The number of aliphatic hydroxyl groups excluding tert-OH is 1. The fourth-order valence-corrected chi connectivity index (χ4v) is 4.57. The minimum absolute atomic E-state index is 0.159. The van der Waals surface area contributed by atoms with Crippen LogP contribution in [0.5, 0.6) is 23.0 Å². The van der Waals surface area contributed by atoms with Crippen molar-refractivity contribution in [2.24, 2.45) is 5.10 Å². The Balaban J connectivity index is 1.36. The highest BCUT2D eigenvalue weighted by atomic mass is 35.5. The average Bonchev–Trinajstić information content (AvgIpc) is 3.03. The predicted molar refractivity (Wildman–Crippen MR) is 168 cm³/mol. The van der Waals surface area contributed by atoms with Crippen LogP contribution < -0.4 is 35.0 Å². The minimum Gasteiger partial charge on any atom is -0.493 e. The summed E-state index contributed by atoms with van der Waals surface area (Å²) >= 11 is 5.94. The molecule has 2 atom stereocenters. The van der Waals surface area contributed by atoms with E-state index in [2.05, 4.69) is 21.2 Å². The molecule has 13 heteroatoms. The van der Waals surface area contributed by atoms with E-state index in [0.717, 1.165) is 5.56 Å². The second-order valence-corrected chi connectivity index (χ2v) is 10.2. The zero-order chi connectivity index (χ0) is 32.3. The van der Waals surface area contributed by atoms with Crippen LogP contribution in [0, 0.1) is 0 Å². The molecule has 1 aliphatic rings. The number of amides is 2. The van der Waals surface area contributed by atoms with E-state index in [4.69, 9.17) is 35.3 Å². The second kappa shape index (κ2) is 15.7. The summed E-state index contributed by atoms with van der Waals surface area (Å²) in [6, 6.07) is 16.5. The van der Waals surface area contributed by atoms with E-state index in [9.17, 15) is 14.7 Å². The average molecular weight is 639 g/mol. The molecule has 4 N–H and O–H groups in total. The lowest BCUT2D eigenvalue weighted by atomic mass is 9.95. The molecule has 3 aromatic rings. The van der Waals surface area contributed by atoms with Crippen molar-refractivity contribution in [3.8, 4) is 23.0 Å². The SMILES string of the molecule is CCOc1cc([C@H]2NC(=O)NC(C)=C2C(=O)OC)ccc1OC[C@@H](O)N/N=C\c1ccc(OCc2ccc(Cl)cc2)c(OC)c1. The lowest BCUT2D eigenvalue weighted by Crippen LogP contribution is -2.45. The third kappa shape index (κ3) is 8.80. The molecule has 3 aromatic carbocycles. The number of nitrogens with one attached hydrogen (secondary N) is 3. The number of hydrazone groups is 1. The van der Waals surface area contributed by atoms with Crippen LogP contribution in [0.2, 0.25) is 5.02 Å². The molecule has 238 valence electrons. The number of allylic oxidation sites excluding steroid dienone is 1. The standard InChI is InChI=1S/C32H35ClN4O8/c1-5-43-27-15-22(30-29(31(39)42-4)19(2)35-32(40)36-30)9-13-25(27)45-18-28(38)37-34-16-21-8-12-24(26(14-21)41-3)44-17-20-6-10-23(33)11-7-20/h6-16,28,30,37-38H,5,17-18H2,1-4H3,(H2,35,36,40)/b34-16-/t28-,30-/m1/s1. The van der Waals surface area contributed by atoms with Gasteiger partial charge in [-0.1, -0.05) is 29.8 Å². The maximum atomic E-state index is 12.4. The van der Waals surface area contributed by atoms with Gasteiger partial charge in [-0.25, -0.2) is 9.59 Å². The van der Waals surface area contributed by atoms with Gasteiger partial charge < -0.3 is 39.4 Å². The molecule has 0 spiro atoms. The van der Waals surface area contributed by atoms with Crippen molar-refractivity contribution in [3.05, 3.63) is 93.6 Å². The molecule has 12 nitrogen and oxygen atoms in total. The van der Waals surface area contributed by atoms with Gasteiger partial charge in [0.05, 0.1) is 38.7 Å². The van der Waals surface area contributed by atoms with Crippen LogP contribution in [-0.4, -0.2) is 57.0 Å². The first-order valence-corrected chi connectivity index (χ1v) is 14.4. The van der Waals surface area contributed by atoms with Crippen molar-refractivity contribution in [3.63, 3.8) is 0 Å². The second-order valence-electron chi connectivity index (χ2n) is 9.74. The van der Waals surface area contributed by atoms with Crippen molar-refractivity contribution < 1.29 is 38.4 Å². The molecule has 0 fully saturated rings. The van der Waals surface area contributed by atoms with Crippen LogP contribution in [0.4, 0.5) is 4.79 Å². The summed E-state index contributed by atoms with van der Waals surface area (Å²) in [5, 5.41) is 20.5. The Morgan fingerprint density at radius 1 is 1.02 bits per heavy atom. The van der Waals surface area contributed by atoms with Gasteiger partial charge in [-0.3, -0.25) is 5.43 Å². The van der Waals surface area contributed by atoms with E-state index in [1.165, 1.54) is 13.3 Å². The van der Waals surface area contributed by atoms with Crippen LogP contribution in [-0.2, 0) is 16.1 Å². The summed E-state index contributed by atoms with van der Waals surface area (Å²) in [7, 11) is 2.82. The van der Waals surface area contributed by atoms with Crippen molar-refractivity contribution in [1.82, 2.24) is 16.1 Å². The summed E-state index contributed by atoms with van der Waals surface area (Å²) in [5.74, 6) is 1.24. The summed E-state index contributed by atoms with van der Waals surface area (Å²) in [6.45, 7) is 3.96. The van der Waals surface area contributed by atoms with Gasteiger partial charge in [0.15, 0.2) is 29.2 Å². The van der Waals surface area contributed by atoms with Gasteiger partial charge in [0.25, 0.3) is 0 Å². The Labute approximate surface area is 265 Å². The molecule has 2 amide bonds. The van der Waals surface area contributed by atoms with Crippen molar-refractivity contribution in [1.29, 1.82) is 0 Å². The Hall–Kier alpha value is -4.94. The summed E-state index contributed by atoms with van der Waals surface area (Å²) in [6.07, 6.45) is 0.371. The zero-order valence-corrected chi connectivity index (χ0v) is 26.0. The normalized spacial score (nSPS) is 15.2. The molecule has 0 aromatic heterocycles. The number of benzene rings is 3. The molecule has 0 aliphatic carbocycles. The van der Waals surface area contributed by atoms with Gasteiger partial charge in [0, 0.05) is 10.7 Å². The van der Waals surface area contributed by atoms with Gasteiger partial charge >= 0.3 is 12.0 Å². The number of ether oxygens (including phenoxy) is 5. The smallest absolute Gasteiger partial charge is 0.337 e. The maximum absolute atomic E-state index is 12.4. The van der Waals surface area contributed by atoms with Crippen molar-refractivity contribution in [2.75, 3.05) is 27.4 Å². The first-order valence-electron chi connectivity index (χ1n) is 14.0. The third-order valence-corrected chi connectivity index (χ3v) is 6.86. The number of halogens is 1. The summed E-state index contributed by atoms with van der Waals surface area (Å²) < 4.78 is 27.8. The number of hydrogen-bond donors (Lipinski definition) is 4. The molecular weight excluding hydrogens is 604 g/mol. The fourth-order valence-electron chi connectivity index (χ4n) is 4.45. The van der Waals surface area contributed by atoms with Gasteiger partial charge in [-0.15, -0.1) is 0 Å². The Morgan fingerprint density at radius 2 is 1.76 bits per heavy atom. The van der Waals surface area contributed by atoms with Crippen LogP contribution in [0.3, 0.4) is 0 Å². The molecule has 1 aliphatic heterocycles. The molecule has 0 saturated carbocycles. The summed E-state index contributed by atoms with van der Waals surface area (Å²) in [4.78, 5) is 24.6. The molecule has 0 unspecified atom stereocenters. The molecule has 0 radical (unpaired) electrons. The highest BCUT2D eigenvalue weighted by molar-refractivity contribution is 6.30. The van der Waals surface area contributed by atoms with Crippen LogP contribution in [0.25, 0.3) is 0 Å². The Morgan fingerprint density at radius 3 is 2.47 bits per heavy atom. The van der Waals surface area contributed by atoms with E-state index >= 15 is 0 Å². The minimum atomic E-state index is -1.15. The molecule has 45 heavy (non-hydrogen) atoms. The number of urea groups is 1. The van der Waals surface area contributed by atoms with E-state index in [1.54, 1.807) is 62.6 Å².